The molecule has 80 valence electrons. The Hall–Kier alpha value is -1.96. The van der Waals surface area contributed by atoms with Gasteiger partial charge >= 0.3 is 0 Å². The molecule has 2 rings (SSSR count). The molecule has 0 N–H and O–H groups in total. The summed E-state index contributed by atoms with van der Waals surface area (Å²) >= 11 is 0. The molecule has 0 amide bonds. The molecular formula is C14H13NO. The second kappa shape index (κ2) is 4.27. The van der Waals surface area contributed by atoms with E-state index in [0.29, 0.717) is 0 Å². The lowest BCUT2D eigenvalue weighted by molar-refractivity contribution is 0.103. The van der Waals surface area contributed by atoms with Crippen molar-refractivity contribution in [3.63, 3.8) is 0 Å². The third kappa shape index (κ3) is 2.01. The maximum Gasteiger partial charge on any atom is 0.193 e. The van der Waals surface area contributed by atoms with Crippen molar-refractivity contribution in [1.29, 1.82) is 0 Å². The van der Waals surface area contributed by atoms with E-state index in [1.807, 2.05) is 38.1 Å². The van der Waals surface area contributed by atoms with Crippen molar-refractivity contribution >= 4 is 5.78 Å². The van der Waals surface area contributed by atoms with E-state index in [1.165, 1.54) is 0 Å². The van der Waals surface area contributed by atoms with Crippen LogP contribution in [0.1, 0.15) is 27.0 Å². The van der Waals surface area contributed by atoms with E-state index >= 15 is 0 Å². The zero-order valence-electron chi connectivity index (χ0n) is 9.40. The van der Waals surface area contributed by atoms with Crippen molar-refractivity contribution in [2.45, 2.75) is 13.8 Å². The molecule has 1 heterocycles. The number of pyridine rings is 1. The summed E-state index contributed by atoms with van der Waals surface area (Å²) in [5.74, 6) is 0.0555. The molecule has 2 nitrogen and oxygen atoms in total. The van der Waals surface area contributed by atoms with Gasteiger partial charge in [0.1, 0.15) is 0 Å². The van der Waals surface area contributed by atoms with E-state index in [4.69, 9.17) is 0 Å². The van der Waals surface area contributed by atoms with Gasteiger partial charge in [-0.1, -0.05) is 29.8 Å². The lowest BCUT2D eigenvalue weighted by Crippen LogP contribution is -2.03. The standard InChI is InChI=1S/C14H13NO/c1-10-3-5-12(6-4-10)14(16)13-7-8-15-9-11(13)2/h3-9H,1-2H3. The molecule has 0 radical (unpaired) electrons. The van der Waals surface area contributed by atoms with Crippen LogP contribution < -0.4 is 0 Å². The van der Waals surface area contributed by atoms with Crippen LogP contribution in [0.2, 0.25) is 0 Å². The zero-order valence-corrected chi connectivity index (χ0v) is 9.40. The Morgan fingerprint density at radius 1 is 1.06 bits per heavy atom. The van der Waals surface area contributed by atoms with Crippen molar-refractivity contribution in [1.82, 2.24) is 4.98 Å². The largest absolute Gasteiger partial charge is 0.289 e. The van der Waals surface area contributed by atoms with Crippen molar-refractivity contribution in [2.24, 2.45) is 0 Å². The highest BCUT2D eigenvalue weighted by Crippen LogP contribution is 2.13. The Balaban J connectivity index is 2.40. The van der Waals surface area contributed by atoms with Gasteiger partial charge in [-0.2, -0.15) is 0 Å². The highest BCUT2D eigenvalue weighted by molar-refractivity contribution is 6.09. The van der Waals surface area contributed by atoms with Crippen LogP contribution in [-0.2, 0) is 0 Å². The van der Waals surface area contributed by atoms with Crippen LogP contribution >= 0.6 is 0 Å². The van der Waals surface area contributed by atoms with Crippen molar-refractivity contribution in [2.75, 3.05) is 0 Å². The molecule has 0 atom stereocenters. The summed E-state index contributed by atoms with van der Waals surface area (Å²) < 4.78 is 0. The van der Waals surface area contributed by atoms with Crippen LogP contribution in [0.3, 0.4) is 0 Å². The monoisotopic (exact) mass is 211 g/mol. The van der Waals surface area contributed by atoms with E-state index in [1.54, 1.807) is 18.5 Å². The average Bonchev–Trinajstić information content (AvgIpc) is 2.30. The smallest absolute Gasteiger partial charge is 0.193 e. The molecule has 0 bridgehead atoms. The van der Waals surface area contributed by atoms with E-state index in [9.17, 15) is 4.79 Å². The number of carbonyl (C=O) groups excluding carboxylic acids is 1. The van der Waals surface area contributed by atoms with Crippen LogP contribution in [0.5, 0.6) is 0 Å². The lowest BCUT2D eigenvalue weighted by Gasteiger charge is -2.04. The Kier molecular flexibility index (Phi) is 2.82. The van der Waals surface area contributed by atoms with Crippen LogP contribution in [0.15, 0.2) is 42.7 Å². The van der Waals surface area contributed by atoms with Gasteiger partial charge in [0.25, 0.3) is 0 Å². The normalized spacial score (nSPS) is 10.1. The third-order valence-corrected chi connectivity index (χ3v) is 2.58. The molecule has 0 aliphatic rings. The Bertz CT molecular complexity index is 515. The van der Waals surface area contributed by atoms with Crippen LogP contribution in [0.4, 0.5) is 0 Å². The maximum atomic E-state index is 12.2. The topological polar surface area (TPSA) is 30.0 Å². The van der Waals surface area contributed by atoms with E-state index < -0.39 is 0 Å². The molecule has 0 unspecified atom stereocenters. The summed E-state index contributed by atoms with van der Waals surface area (Å²) in [5.41, 5.74) is 3.51. The quantitative estimate of drug-likeness (QED) is 0.715. The number of benzene rings is 1. The number of aromatic nitrogens is 1. The van der Waals surface area contributed by atoms with Crippen molar-refractivity contribution < 1.29 is 4.79 Å². The number of carbonyl (C=O) groups is 1. The second-order valence-corrected chi connectivity index (χ2v) is 3.89. The predicted molar refractivity (Wildman–Crippen MR) is 63.6 cm³/mol. The first-order valence-electron chi connectivity index (χ1n) is 5.20. The van der Waals surface area contributed by atoms with Gasteiger partial charge in [-0.15, -0.1) is 0 Å². The molecule has 0 fully saturated rings. The highest BCUT2D eigenvalue weighted by atomic mass is 16.1. The predicted octanol–water partition coefficient (Wildman–Crippen LogP) is 2.93. The van der Waals surface area contributed by atoms with Gasteiger partial charge in [0, 0.05) is 23.5 Å². The molecule has 16 heavy (non-hydrogen) atoms. The molecule has 2 heteroatoms. The minimum Gasteiger partial charge on any atom is -0.289 e. The Morgan fingerprint density at radius 3 is 2.38 bits per heavy atom. The van der Waals surface area contributed by atoms with Gasteiger partial charge < -0.3 is 0 Å². The Morgan fingerprint density at radius 2 is 1.75 bits per heavy atom. The van der Waals surface area contributed by atoms with Gasteiger partial charge in [-0.05, 0) is 25.5 Å². The number of rotatable bonds is 2. The van der Waals surface area contributed by atoms with Gasteiger partial charge in [0.05, 0.1) is 0 Å². The van der Waals surface area contributed by atoms with E-state index in [2.05, 4.69) is 4.98 Å². The number of aryl methyl sites for hydroxylation is 2. The van der Waals surface area contributed by atoms with Crippen molar-refractivity contribution in [3.05, 3.63) is 65.0 Å². The van der Waals surface area contributed by atoms with Gasteiger partial charge in [0.2, 0.25) is 0 Å². The highest BCUT2D eigenvalue weighted by Gasteiger charge is 2.10. The molecule has 0 saturated heterocycles. The first-order valence-corrected chi connectivity index (χ1v) is 5.20. The van der Waals surface area contributed by atoms with E-state index in [0.717, 1.165) is 22.3 Å². The fourth-order valence-electron chi connectivity index (χ4n) is 1.59. The second-order valence-electron chi connectivity index (χ2n) is 3.89. The summed E-state index contributed by atoms with van der Waals surface area (Å²) in [6.07, 6.45) is 3.36. The number of hydrogen-bond donors (Lipinski definition) is 0. The molecule has 2 aromatic rings. The summed E-state index contributed by atoms with van der Waals surface area (Å²) in [6.45, 7) is 3.90. The average molecular weight is 211 g/mol. The minimum atomic E-state index is 0.0555. The summed E-state index contributed by atoms with van der Waals surface area (Å²) in [7, 11) is 0. The summed E-state index contributed by atoms with van der Waals surface area (Å²) in [5, 5.41) is 0. The van der Waals surface area contributed by atoms with Gasteiger partial charge in [0.15, 0.2) is 5.78 Å². The molecule has 0 aliphatic heterocycles. The lowest BCUT2D eigenvalue weighted by atomic mass is 10.0. The fourth-order valence-corrected chi connectivity index (χ4v) is 1.59. The van der Waals surface area contributed by atoms with Crippen LogP contribution in [0.25, 0.3) is 0 Å². The number of nitrogens with zero attached hydrogens (tertiary/aromatic N) is 1. The molecule has 0 saturated carbocycles. The van der Waals surface area contributed by atoms with Gasteiger partial charge in [-0.25, -0.2) is 0 Å². The molecule has 1 aromatic heterocycles. The SMILES string of the molecule is Cc1ccc(C(=O)c2ccncc2C)cc1. The Labute approximate surface area is 95.0 Å². The van der Waals surface area contributed by atoms with Crippen LogP contribution in [-0.4, -0.2) is 10.8 Å². The van der Waals surface area contributed by atoms with Crippen molar-refractivity contribution in [3.8, 4) is 0 Å². The molecular weight excluding hydrogens is 198 g/mol. The third-order valence-electron chi connectivity index (χ3n) is 2.58. The maximum absolute atomic E-state index is 12.2. The fraction of sp³-hybridized carbons (Fsp3) is 0.143. The first-order chi connectivity index (χ1) is 7.68. The minimum absolute atomic E-state index is 0.0555. The van der Waals surface area contributed by atoms with Gasteiger partial charge in [-0.3, -0.25) is 9.78 Å². The van der Waals surface area contributed by atoms with E-state index in [-0.39, 0.29) is 5.78 Å². The molecule has 0 spiro atoms. The summed E-state index contributed by atoms with van der Waals surface area (Å²) in [6, 6.07) is 9.38. The molecule has 1 aromatic carbocycles. The number of ketones is 1. The number of hydrogen-bond acceptors (Lipinski definition) is 2. The van der Waals surface area contributed by atoms with Crippen LogP contribution in [0, 0.1) is 13.8 Å². The zero-order chi connectivity index (χ0) is 11.5. The first kappa shape index (κ1) is 10.6. The summed E-state index contributed by atoms with van der Waals surface area (Å²) in [4.78, 5) is 16.1. The molecule has 0 aliphatic carbocycles.